The first-order chi connectivity index (χ1) is 27.7. The van der Waals surface area contributed by atoms with E-state index in [-0.39, 0.29) is 44.6 Å². The van der Waals surface area contributed by atoms with E-state index < -0.39 is 113 Å². The summed E-state index contributed by atoms with van der Waals surface area (Å²) < 4.78 is 29.4. The van der Waals surface area contributed by atoms with Gasteiger partial charge in [0.15, 0.2) is 17.8 Å². The van der Waals surface area contributed by atoms with Crippen LogP contribution >= 0.6 is 0 Å². The molecule has 1 amide bonds. The van der Waals surface area contributed by atoms with Crippen LogP contribution in [0.4, 0.5) is 11.4 Å². The SMILES string of the molecule is COC1C=COC2(C)Oc3c(C)c(O)c4c(O)c(cc(NC5CCC(O)OC5C)c4c3C2=O)NC(=O)C(C)=CC(=O)C2CC2C(O)C(C)C(O)C(C)C(OC(C)=O)C1C. The number of ketones is 2. The Balaban J connectivity index is 1.49. The molecule has 1 saturated heterocycles. The van der Waals surface area contributed by atoms with E-state index in [0.29, 0.717) is 19.3 Å². The standard InChI is InChI=1S/C43H56N2O14/c1-17-14-29(47)24-15-25(24)36(50)19(3)35(49)20(4)39(58-23(7)46)18(2)30(55-9)12-13-56-43(8)41(53)34-32-27(44-26-10-11-31(48)57-22(26)6)16-28(45-42(17)54)38(52)33(32)37(51)21(5)40(34)59-43/h12-14,16,18-20,22,24-26,30-31,35-36,39,44,48-52H,10-11,15H2,1-9H3,(H,45,54). The first-order valence-electron chi connectivity index (χ1n) is 20.0. The molecule has 2 fully saturated rings. The quantitative estimate of drug-likeness (QED) is 0.129. The Morgan fingerprint density at radius 3 is 2.31 bits per heavy atom. The minimum Gasteiger partial charge on any atom is -0.507 e. The molecule has 59 heavy (non-hydrogen) atoms. The van der Waals surface area contributed by atoms with Crippen molar-refractivity contribution in [3.63, 3.8) is 0 Å². The van der Waals surface area contributed by atoms with Crippen LogP contribution in [0.5, 0.6) is 17.2 Å². The number of allylic oxidation sites excluding steroid dienone is 1. The first-order valence-corrected chi connectivity index (χ1v) is 20.0. The third-order valence-corrected chi connectivity index (χ3v) is 12.6. The van der Waals surface area contributed by atoms with Crippen LogP contribution in [-0.2, 0) is 33.3 Å². The van der Waals surface area contributed by atoms with Gasteiger partial charge in [0.1, 0.15) is 17.6 Å². The normalized spacial score (nSPS) is 35.4. The van der Waals surface area contributed by atoms with Gasteiger partial charge in [-0.2, -0.15) is 0 Å². The second-order valence-corrected chi connectivity index (χ2v) is 16.7. The predicted octanol–water partition coefficient (Wildman–Crippen LogP) is 4.36. The molecule has 7 N–H and O–H groups in total. The van der Waals surface area contributed by atoms with Crippen LogP contribution < -0.4 is 15.4 Å². The van der Waals surface area contributed by atoms with Crippen molar-refractivity contribution >= 4 is 45.6 Å². The van der Waals surface area contributed by atoms with Crippen LogP contribution in [0.15, 0.2) is 30.1 Å². The molecule has 1 saturated carbocycles. The number of rotatable bonds is 4. The molecule has 5 aliphatic rings. The number of aliphatic hydroxyl groups is 3. The highest BCUT2D eigenvalue weighted by molar-refractivity contribution is 6.23. The highest BCUT2D eigenvalue weighted by atomic mass is 16.7. The zero-order valence-corrected chi connectivity index (χ0v) is 34.8. The number of ether oxygens (including phenoxy) is 5. The number of hydrogen-bond acceptors (Lipinski definition) is 15. The summed E-state index contributed by atoms with van der Waals surface area (Å²) in [4.78, 5) is 54.0. The summed E-state index contributed by atoms with van der Waals surface area (Å²) in [5, 5.41) is 62.4. The molecule has 13 unspecified atom stereocenters. The molecular weight excluding hydrogens is 768 g/mol. The van der Waals surface area contributed by atoms with Crippen LogP contribution in [0, 0.1) is 36.5 Å². The molecule has 0 aromatic heterocycles. The van der Waals surface area contributed by atoms with Crippen LogP contribution in [0.3, 0.4) is 0 Å². The van der Waals surface area contributed by atoms with E-state index in [1.54, 1.807) is 27.7 Å². The molecule has 16 nitrogen and oxygen atoms in total. The number of benzene rings is 2. The number of fused-ring (bicyclic) bond motifs is 12. The van der Waals surface area contributed by atoms with E-state index in [1.165, 1.54) is 59.3 Å². The average molecular weight is 825 g/mol. The first kappa shape index (κ1) is 43.8. The molecule has 322 valence electrons. The number of nitrogens with one attached hydrogen (secondary N) is 2. The van der Waals surface area contributed by atoms with Crippen molar-refractivity contribution < 1.29 is 68.4 Å². The Hall–Kier alpha value is -4.74. The molecular formula is C43H56N2O14. The molecule has 0 radical (unpaired) electrons. The van der Waals surface area contributed by atoms with Crippen LogP contribution in [0.1, 0.15) is 83.7 Å². The lowest BCUT2D eigenvalue weighted by Gasteiger charge is -2.37. The summed E-state index contributed by atoms with van der Waals surface area (Å²) in [6.07, 6.45) is -0.567. The van der Waals surface area contributed by atoms with Crippen molar-refractivity contribution in [2.24, 2.45) is 29.6 Å². The second-order valence-electron chi connectivity index (χ2n) is 16.7. The Labute approximate surface area is 342 Å². The van der Waals surface area contributed by atoms with Gasteiger partial charge in [-0.25, -0.2) is 0 Å². The lowest BCUT2D eigenvalue weighted by molar-refractivity contribution is -0.161. The third kappa shape index (κ3) is 8.25. The van der Waals surface area contributed by atoms with Gasteiger partial charge in [-0.1, -0.05) is 20.8 Å². The number of esters is 1. The number of carbonyl (C=O) groups is 4. The smallest absolute Gasteiger partial charge is 0.312 e. The van der Waals surface area contributed by atoms with E-state index in [2.05, 4.69) is 10.6 Å². The number of methoxy groups -OCH3 is 1. The Morgan fingerprint density at radius 2 is 1.66 bits per heavy atom. The highest BCUT2D eigenvalue weighted by Gasteiger charge is 2.51. The fourth-order valence-corrected chi connectivity index (χ4v) is 8.79. The van der Waals surface area contributed by atoms with Gasteiger partial charge in [0.2, 0.25) is 0 Å². The molecule has 5 bridgehead atoms. The lowest BCUT2D eigenvalue weighted by Crippen LogP contribution is -2.46. The van der Waals surface area contributed by atoms with Gasteiger partial charge >= 0.3 is 11.8 Å². The fourth-order valence-electron chi connectivity index (χ4n) is 8.79. The summed E-state index contributed by atoms with van der Waals surface area (Å²) in [6, 6.07) is 0.977. The van der Waals surface area contributed by atoms with E-state index in [1.807, 2.05) is 0 Å². The summed E-state index contributed by atoms with van der Waals surface area (Å²) in [5.41, 5.74) is 0.142. The molecule has 7 rings (SSSR count). The number of aliphatic hydroxyl groups excluding tert-OH is 3. The minimum atomic E-state index is -2.00. The summed E-state index contributed by atoms with van der Waals surface area (Å²) in [7, 11) is 1.43. The topological polar surface area (TPSA) is 240 Å². The molecule has 0 spiro atoms. The van der Waals surface area contributed by atoms with Gasteiger partial charge in [0.25, 0.3) is 11.7 Å². The Morgan fingerprint density at radius 1 is 0.966 bits per heavy atom. The monoisotopic (exact) mass is 824 g/mol. The average Bonchev–Trinajstić information content (AvgIpc) is 3.94. The zero-order chi connectivity index (χ0) is 43.4. The van der Waals surface area contributed by atoms with Crippen molar-refractivity contribution in [1.82, 2.24) is 0 Å². The number of carbonyl (C=O) groups excluding carboxylic acids is 4. The number of hydrogen-bond donors (Lipinski definition) is 7. The summed E-state index contributed by atoms with van der Waals surface area (Å²) in [5.74, 6) is -8.63. The number of anilines is 2. The molecule has 16 heteroatoms. The van der Waals surface area contributed by atoms with Gasteiger partial charge < -0.3 is 59.9 Å². The van der Waals surface area contributed by atoms with Gasteiger partial charge in [-0.15, -0.1) is 0 Å². The summed E-state index contributed by atoms with van der Waals surface area (Å²) >= 11 is 0. The van der Waals surface area contributed by atoms with Crippen molar-refractivity contribution in [2.75, 3.05) is 17.7 Å². The third-order valence-electron chi connectivity index (χ3n) is 12.6. The highest BCUT2D eigenvalue weighted by Crippen LogP contribution is 2.54. The van der Waals surface area contributed by atoms with Gasteiger partial charge in [0.05, 0.1) is 53.4 Å². The van der Waals surface area contributed by atoms with Gasteiger partial charge in [-0.3, -0.25) is 19.2 Å². The van der Waals surface area contributed by atoms with Gasteiger partial charge in [-0.05, 0) is 57.7 Å². The second kappa shape index (κ2) is 16.7. The Bertz CT molecular complexity index is 2080. The Kier molecular flexibility index (Phi) is 12.4. The molecule has 13 atom stereocenters. The number of aromatic hydroxyl groups is 2. The van der Waals surface area contributed by atoms with Crippen LogP contribution in [0.2, 0.25) is 0 Å². The van der Waals surface area contributed by atoms with Crippen LogP contribution in [-0.4, -0.2) is 105 Å². The molecule has 4 aliphatic heterocycles. The maximum absolute atomic E-state index is 14.6. The fraction of sp³-hybridized carbons (Fsp3) is 0.581. The van der Waals surface area contributed by atoms with E-state index in [9.17, 15) is 44.7 Å². The minimum absolute atomic E-state index is 0.00610. The lowest BCUT2D eigenvalue weighted by atomic mass is 9.79. The number of phenolic OH excluding ortho intramolecular Hbond substituents is 2. The molecule has 2 aromatic carbocycles. The van der Waals surface area contributed by atoms with Gasteiger partial charge in [0, 0.05) is 73.3 Å². The van der Waals surface area contributed by atoms with Crippen LogP contribution in [0.25, 0.3) is 10.8 Å². The number of amides is 1. The van der Waals surface area contributed by atoms with E-state index in [0.717, 1.165) is 0 Å². The molecule has 2 aromatic rings. The maximum Gasteiger partial charge on any atom is 0.312 e. The van der Waals surface area contributed by atoms with E-state index in [4.69, 9.17) is 23.7 Å². The predicted molar refractivity (Wildman–Crippen MR) is 214 cm³/mol. The molecule has 4 heterocycles. The number of Topliss-reactive ketones (excluding diaryl/α,β-unsaturated/α-hetero) is 1. The van der Waals surface area contributed by atoms with Crippen molar-refractivity contribution in [1.29, 1.82) is 0 Å². The maximum atomic E-state index is 14.6. The summed E-state index contributed by atoms with van der Waals surface area (Å²) in [6.45, 7) is 12.4. The molecule has 1 aliphatic carbocycles. The van der Waals surface area contributed by atoms with Crippen molar-refractivity contribution in [2.45, 2.75) is 123 Å². The zero-order valence-electron chi connectivity index (χ0n) is 34.8. The number of phenols is 2. The van der Waals surface area contributed by atoms with Crippen molar-refractivity contribution in [3.05, 3.63) is 41.2 Å². The largest absolute Gasteiger partial charge is 0.507 e. The van der Waals surface area contributed by atoms with Crippen molar-refractivity contribution in [3.8, 4) is 17.2 Å². The van der Waals surface area contributed by atoms with E-state index >= 15 is 0 Å².